The lowest BCUT2D eigenvalue weighted by molar-refractivity contribution is 0.125. The van der Waals surface area contributed by atoms with E-state index in [-0.39, 0.29) is 0 Å². The summed E-state index contributed by atoms with van der Waals surface area (Å²) >= 11 is 0. The predicted molar refractivity (Wildman–Crippen MR) is 73.1 cm³/mol. The number of hydrogen-bond donors (Lipinski definition) is 0. The molecule has 108 valence electrons. The van der Waals surface area contributed by atoms with Crippen LogP contribution in [0.5, 0.6) is 0 Å². The van der Waals surface area contributed by atoms with Crippen LogP contribution in [0.25, 0.3) is 0 Å². The summed E-state index contributed by atoms with van der Waals surface area (Å²) in [6.07, 6.45) is 5.61. The van der Waals surface area contributed by atoms with Crippen molar-refractivity contribution in [2.24, 2.45) is 7.05 Å². The number of methoxy groups -OCH3 is 1. The second-order valence-corrected chi connectivity index (χ2v) is 5.22. The lowest BCUT2D eigenvalue weighted by Crippen LogP contribution is -2.45. The van der Waals surface area contributed by atoms with Gasteiger partial charge in [0.05, 0.1) is 13.2 Å². The van der Waals surface area contributed by atoms with E-state index in [0.717, 1.165) is 37.8 Å². The monoisotopic (exact) mass is 276 g/mol. The Morgan fingerprint density at radius 2 is 2.25 bits per heavy atom. The first-order valence-corrected chi connectivity index (χ1v) is 6.83. The minimum absolute atomic E-state index is 0.467. The zero-order chi connectivity index (χ0) is 13.9. The van der Waals surface area contributed by atoms with Crippen molar-refractivity contribution < 1.29 is 4.74 Å². The van der Waals surface area contributed by atoms with E-state index in [1.54, 1.807) is 13.4 Å². The van der Waals surface area contributed by atoms with Crippen LogP contribution in [-0.2, 0) is 24.9 Å². The molecule has 0 amide bonds. The molecule has 0 unspecified atom stereocenters. The van der Waals surface area contributed by atoms with Gasteiger partial charge in [0.1, 0.15) is 18.0 Å². The van der Waals surface area contributed by atoms with E-state index in [0.29, 0.717) is 12.5 Å². The Labute approximate surface area is 118 Å². The Morgan fingerprint density at radius 3 is 2.95 bits per heavy atom. The van der Waals surface area contributed by atoms with Crippen molar-refractivity contribution in [3.8, 4) is 0 Å². The van der Waals surface area contributed by atoms with Gasteiger partial charge in [-0.2, -0.15) is 0 Å². The highest BCUT2D eigenvalue weighted by molar-refractivity contribution is 5.06. The molecule has 1 fully saturated rings. The third-order valence-electron chi connectivity index (χ3n) is 3.79. The van der Waals surface area contributed by atoms with Gasteiger partial charge >= 0.3 is 0 Å². The summed E-state index contributed by atoms with van der Waals surface area (Å²) in [5.74, 6) is 2.64. The largest absolute Gasteiger partial charge is 0.383 e. The molecule has 1 aliphatic heterocycles. The van der Waals surface area contributed by atoms with Gasteiger partial charge in [-0.3, -0.25) is 4.90 Å². The molecular weight excluding hydrogens is 256 g/mol. The fourth-order valence-electron chi connectivity index (χ4n) is 2.55. The summed E-state index contributed by atoms with van der Waals surface area (Å²) in [6.45, 7) is 4.42. The molecule has 0 atom stereocenters. The van der Waals surface area contributed by atoms with Gasteiger partial charge in [0, 0.05) is 52.1 Å². The van der Waals surface area contributed by atoms with Crippen molar-refractivity contribution in [1.82, 2.24) is 29.2 Å². The third kappa shape index (κ3) is 2.59. The third-order valence-corrected chi connectivity index (χ3v) is 3.79. The highest BCUT2D eigenvalue weighted by Gasteiger charge is 2.32. The average molecular weight is 276 g/mol. The molecule has 0 spiro atoms. The minimum atomic E-state index is 0.467. The first-order valence-electron chi connectivity index (χ1n) is 6.83. The van der Waals surface area contributed by atoms with Gasteiger partial charge in [-0.05, 0) is 0 Å². The molecule has 0 aromatic carbocycles. The second kappa shape index (κ2) is 5.72. The SMILES string of the molecule is COCCn1cnnc1C1CN(Cc2nccn2C)C1. The molecular formula is C13H20N6O. The van der Waals surface area contributed by atoms with Gasteiger partial charge in [0.15, 0.2) is 0 Å². The average Bonchev–Trinajstić information content (AvgIpc) is 3.00. The first kappa shape index (κ1) is 13.3. The van der Waals surface area contributed by atoms with Gasteiger partial charge in [-0.1, -0.05) is 0 Å². The Balaban J connectivity index is 1.55. The van der Waals surface area contributed by atoms with Crippen LogP contribution >= 0.6 is 0 Å². The van der Waals surface area contributed by atoms with Crippen LogP contribution in [0.3, 0.4) is 0 Å². The van der Waals surface area contributed by atoms with Crippen molar-refractivity contribution in [1.29, 1.82) is 0 Å². The summed E-state index contributed by atoms with van der Waals surface area (Å²) in [6, 6.07) is 0. The van der Waals surface area contributed by atoms with Crippen molar-refractivity contribution in [2.75, 3.05) is 26.8 Å². The van der Waals surface area contributed by atoms with Gasteiger partial charge < -0.3 is 13.9 Å². The molecule has 3 heterocycles. The molecule has 1 saturated heterocycles. The number of aromatic nitrogens is 5. The lowest BCUT2D eigenvalue weighted by Gasteiger charge is -2.38. The number of ether oxygens (including phenoxy) is 1. The molecule has 0 aliphatic carbocycles. The van der Waals surface area contributed by atoms with Crippen molar-refractivity contribution in [3.63, 3.8) is 0 Å². The Hall–Kier alpha value is -1.73. The normalized spacial score (nSPS) is 16.5. The van der Waals surface area contributed by atoms with E-state index in [1.165, 1.54) is 0 Å². The molecule has 20 heavy (non-hydrogen) atoms. The van der Waals surface area contributed by atoms with Crippen LogP contribution in [-0.4, -0.2) is 56.0 Å². The zero-order valence-corrected chi connectivity index (χ0v) is 11.9. The number of hydrogen-bond acceptors (Lipinski definition) is 5. The van der Waals surface area contributed by atoms with Crippen LogP contribution in [0.1, 0.15) is 17.6 Å². The van der Waals surface area contributed by atoms with E-state index in [4.69, 9.17) is 4.74 Å². The van der Waals surface area contributed by atoms with Crippen LogP contribution in [0.15, 0.2) is 18.7 Å². The van der Waals surface area contributed by atoms with Crippen LogP contribution in [0, 0.1) is 0 Å². The number of rotatable bonds is 6. The Bertz CT molecular complexity index is 557. The number of nitrogens with zero attached hydrogens (tertiary/aromatic N) is 6. The molecule has 0 saturated carbocycles. The minimum Gasteiger partial charge on any atom is -0.383 e. The Morgan fingerprint density at radius 1 is 1.40 bits per heavy atom. The van der Waals surface area contributed by atoms with Gasteiger partial charge in [-0.25, -0.2) is 4.98 Å². The highest BCUT2D eigenvalue weighted by atomic mass is 16.5. The zero-order valence-electron chi connectivity index (χ0n) is 11.9. The maximum Gasteiger partial charge on any atom is 0.138 e. The smallest absolute Gasteiger partial charge is 0.138 e. The second-order valence-electron chi connectivity index (χ2n) is 5.22. The molecule has 0 radical (unpaired) electrons. The van der Waals surface area contributed by atoms with Gasteiger partial charge in [0.25, 0.3) is 0 Å². The van der Waals surface area contributed by atoms with E-state index < -0.39 is 0 Å². The summed E-state index contributed by atoms with van der Waals surface area (Å²) in [4.78, 5) is 6.73. The van der Waals surface area contributed by atoms with E-state index in [1.807, 2.05) is 19.4 Å². The number of imidazole rings is 1. The molecule has 7 heteroatoms. The molecule has 2 aromatic rings. The van der Waals surface area contributed by atoms with Crippen molar-refractivity contribution in [2.45, 2.75) is 19.0 Å². The summed E-state index contributed by atoms with van der Waals surface area (Å²) in [5.41, 5.74) is 0. The molecule has 0 bridgehead atoms. The molecule has 1 aliphatic rings. The highest BCUT2D eigenvalue weighted by Crippen LogP contribution is 2.26. The maximum absolute atomic E-state index is 5.11. The van der Waals surface area contributed by atoms with Crippen molar-refractivity contribution in [3.05, 3.63) is 30.4 Å². The Kier molecular flexibility index (Phi) is 3.79. The number of aryl methyl sites for hydroxylation is 1. The fraction of sp³-hybridized carbons (Fsp3) is 0.615. The van der Waals surface area contributed by atoms with Crippen LogP contribution < -0.4 is 0 Å². The fourth-order valence-corrected chi connectivity index (χ4v) is 2.55. The first-order chi connectivity index (χ1) is 9.78. The lowest BCUT2D eigenvalue weighted by atomic mass is 9.99. The van der Waals surface area contributed by atoms with E-state index in [2.05, 4.69) is 29.2 Å². The molecule has 3 rings (SSSR count). The van der Waals surface area contributed by atoms with E-state index in [9.17, 15) is 0 Å². The topological polar surface area (TPSA) is 61.0 Å². The quantitative estimate of drug-likeness (QED) is 0.757. The summed E-state index contributed by atoms with van der Waals surface area (Å²) in [5, 5.41) is 8.27. The predicted octanol–water partition coefficient (Wildman–Crippen LogP) is 0.257. The van der Waals surface area contributed by atoms with Crippen LogP contribution in [0.4, 0.5) is 0 Å². The number of likely N-dealkylation sites (tertiary alicyclic amines) is 1. The van der Waals surface area contributed by atoms with E-state index >= 15 is 0 Å². The molecule has 2 aromatic heterocycles. The summed E-state index contributed by atoms with van der Waals surface area (Å²) in [7, 11) is 3.74. The maximum atomic E-state index is 5.11. The molecule has 0 N–H and O–H groups in total. The van der Waals surface area contributed by atoms with Gasteiger partial charge in [0.2, 0.25) is 0 Å². The van der Waals surface area contributed by atoms with Crippen LogP contribution in [0.2, 0.25) is 0 Å². The van der Waals surface area contributed by atoms with Crippen molar-refractivity contribution >= 4 is 0 Å². The van der Waals surface area contributed by atoms with Gasteiger partial charge in [-0.15, -0.1) is 10.2 Å². The molecule has 7 nitrogen and oxygen atoms in total. The standard InChI is InChI=1S/C13H20N6O/c1-17-4-3-14-12(17)9-18-7-11(8-18)13-16-15-10-19(13)5-6-20-2/h3-4,10-11H,5-9H2,1-2H3. The summed E-state index contributed by atoms with van der Waals surface area (Å²) < 4.78 is 9.26.